The number of allylic oxidation sites excluding steroid dienone is 2. The fraction of sp³-hybridized carbons (Fsp3) is 0.100. The van der Waals surface area contributed by atoms with Crippen LogP contribution in [0.5, 0.6) is 0 Å². The lowest BCUT2D eigenvalue weighted by Gasteiger charge is -2.06. The molecule has 0 aromatic heterocycles. The number of rotatable bonds is 2. The van der Waals surface area contributed by atoms with Crippen LogP contribution in [0, 0.1) is 11.3 Å². The SMILES string of the molecule is C/C(=C/C#N)Nc1ccccc1Cl. The Morgan fingerprint density at radius 3 is 2.85 bits per heavy atom. The molecule has 13 heavy (non-hydrogen) atoms. The fourth-order valence-electron chi connectivity index (χ4n) is 0.908. The lowest BCUT2D eigenvalue weighted by molar-refractivity contribution is 1.37. The molecule has 0 fully saturated rings. The molecular weight excluding hydrogens is 184 g/mol. The summed E-state index contributed by atoms with van der Waals surface area (Å²) in [4.78, 5) is 0. The standard InChI is InChI=1S/C10H9ClN2/c1-8(6-7-12)13-10-5-3-2-4-9(10)11/h2-6,13H,1H3/b8-6-. The average Bonchev–Trinajstić information content (AvgIpc) is 2.09. The van der Waals surface area contributed by atoms with Crippen molar-refractivity contribution in [2.75, 3.05) is 5.32 Å². The van der Waals surface area contributed by atoms with Crippen LogP contribution in [-0.4, -0.2) is 0 Å². The quantitative estimate of drug-likeness (QED) is 0.731. The number of nitrogens with one attached hydrogen (secondary N) is 1. The molecule has 0 bridgehead atoms. The average molecular weight is 193 g/mol. The lowest BCUT2D eigenvalue weighted by atomic mass is 10.3. The van der Waals surface area contributed by atoms with Crippen molar-refractivity contribution in [2.24, 2.45) is 0 Å². The summed E-state index contributed by atoms with van der Waals surface area (Å²) in [7, 11) is 0. The van der Waals surface area contributed by atoms with Gasteiger partial charge in [0.25, 0.3) is 0 Å². The molecule has 0 aliphatic rings. The van der Waals surface area contributed by atoms with E-state index in [9.17, 15) is 0 Å². The zero-order chi connectivity index (χ0) is 9.68. The molecule has 0 saturated heterocycles. The minimum absolute atomic E-state index is 0.646. The molecule has 0 aliphatic carbocycles. The van der Waals surface area contributed by atoms with Crippen molar-refractivity contribution in [1.82, 2.24) is 0 Å². The summed E-state index contributed by atoms with van der Waals surface area (Å²) in [5, 5.41) is 12.0. The maximum atomic E-state index is 8.38. The van der Waals surface area contributed by atoms with Gasteiger partial charge in [0, 0.05) is 11.8 Å². The summed E-state index contributed by atoms with van der Waals surface area (Å²) in [6.07, 6.45) is 1.43. The van der Waals surface area contributed by atoms with Crippen LogP contribution in [0.2, 0.25) is 5.02 Å². The second-order valence-corrected chi connectivity index (χ2v) is 2.97. The van der Waals surface area contributed by atoms with Gasteiger partial charge >= 0.3 is 0 Å². The molecule has 2 nitrogen and oxygen atoms in total. The second kappa shape index (κ2) is 4.54. The van der Waals surface area contributed by atoms with Gasteiger partial charge in [0.05, 0.1) is 16.8 Å². The van der Waals surface area contributed by atoms with E-state index in [1.54, 1.807) is 6.07 Å². The van der Waals surface area contributed by atoms with E-state index in [1.807, 2.05) is 31.2 Å². The smallest absolute Gasteiger partial charge is 0.0930 e. The first-order valence-corrected chi connectivity index (χ1v) is 4.20. The maximum Gasteiger partial charge on any atom is 0.0930 e. The predicted molar refractivity (Wildman–Crippen MR) is 54.4 cm³/mol. The summed E-state index contributed by atoms with van der Waals surface area (Å²) in [5.41, 5.74) is 1.59. The zero-order valence-electron chi connectivity index (χ0n) is 7.21. The maximum absolute atomic E-state index is 8.38. The number of nitriles is 1. The Bertz CT molecular complexity index is 363. The van der Waals surface area contributed by atoms with E-state index < -0.39 is 0 Å². The Morgan fingerprint density at radius 2 is 2.23 bits per heavy atom. The molecule has 1 aromatic carbocycles. The lowest BCUT2D eigenvalue weighted by Crippen LogP contribution is -1.95. The summed E-state index contributed by atoms with van der Waals surface area (Å²) >= 11 is 5.90. The first-order chi connectivity index (χ1) is 6.24. The third kappa shape index (κ3) is 2.81. The summed E-state index contributed by atoms with van der Waals surface area (Å²) in [5.74, 6) is 0. The topological polar surface area (TPSA) is 35.8 Å². The third-order valence-corrected chi connectivity index (χ3v) is 1.82. The van der Waals surface area contributed by atoms with Gasteiger partial charge in [-0.15, -0.1) is 0 Å². The van der Waals surface area contributed by atoms with Crippen molar-refractivity contribution < 1.29 is 0 Å². The summed E-state index contributed by atoms with van der Waals surface area (Å²) in [6.45, 7) is 1.81. The highest BCUT2D eigenvalue weighted by molar-refractivity contribution is 6.33. The van der Waals surface area contributed by atoms with Crippen molar-refractivity contribution in [1.29, 1.82) is 5.26 Å². The Hall–Kier alpha value is -1.46. The van der Waals surface area contributed by atoms with Gasteiger partial charge in [-0.3, -0.25) is 0 Å². The molecular formula is C10H9ClN2. The van der Waals surface area contributed by atoms with Gasteiger partial charge in [-0.25, -0.2) is 0 Å². The van der Waals surface area contributed by atoms with Gasteiger partial charge in [0.15, 0.2) is 0 Å². The normalized spacial score (nSPS) is 10.7. The molecule has 0 radical (unpaired) electrons. The van der Waals surface area contributed by atoms with Gasteiger partial charge in [0.2, 0.25) is 0 Å². The molecule has 1 aromatic rings. The van der Waals surface area contributed by atoms with Crippen molar-refractivity contribution in [3.05, 3.63) is 41.1 Å². The van der Waals surface area contributed by atoms with Crippen LogP contribution in [0.3, 0.4) is 0 Å². The van der Waals surface area contributed by atoms with Crippen LogP contribution in [0.1, 0.15) is 6.92 Å². The molecule has 1 N–H and O–H groups in total. The number of nitrogens with zero attached hydrogens (tertiary/aromatic N) is 1. The van der Waals surface area contributed by atoms with E-state index in [-0.39, 0.29) is 0 Å². The molecule has 0 spiro atoms. The van der Waals surface area contributed by atoms with Gasteiger partial charge in [0.1, 0.15) is 0 Å². The Kier molecular flexibility index (Phi) is 3.36. The van der Waals surface area contributed by atoms with Gasteiger partial charge in [-0.05, 0) is 19.1 Å². The van der Waals surface area contributed by atoms with Crippen molar-refractivity contribution in [2.45, 2.75) is 6.92 Å². The molecule has 0 unspecified atom stereocenters. The Labute approximate surface area is 82.4 Å². The molecule has 0 saturated carbocycles. The van der Waals surface area contributed by atoms with E-state index >= 15 is 0 Å². The first-order valence-electron chi connectivity index (χ1n) is 3.82. The first kappa shape index (κ1) is 9.63. The minimum atomic E-state index is 0.646. The monoisotopic (exact) mass is 192 g/mol. The van der Waals surface area contributed by atoms with Crippen LogP contribution in [-0.2, 0) is 0 Å². The van der Waals surface area contributed by atoms with Crippen LogP contribution >= 0.6 is 11.6 Å². The number of halogens is 1. The largest absolute Gasteiger partial charge is 0.357 e. The van der Waals surface area contributed by atoms with Crippen LogP contribution < -0.4 is 5.32 Å². The molecule has 1 rings (SSSR count). The number of hydrogen-bond acceptors (Lipinski definition) is 2. The number of hydrogen-bond donors (Lipinski definition) is 1. The van der Waals surface area contributed by atoms with Crippen molar-refractivity contribution in [3.63, 3.8) is 0 Å². The summed E-state index contributed by atoms with van der Waals surface area (Å²) in [6, 6.07) is 9.33. The van der Waals surface area contributed by atoms with Gasteiger partial charge in [-0.2, -0.15) is 5.26 Å². The Morgan fingerprint density at radius 1 is 1.54 bits per heavy atom. The highest BCUT2D eigenvalue weighted by Gasteiger charge is 1.96. The van der Waals surface area contributed by atoms with Crippen LogP contribution in [0.25, 0.3) is 0 Å². The minimum Gasteiger partial charge on any atom is -0.357 e. The molecule has 0 amide bonds. The van der Waals surface area contributed by atoms with Gasteiger partial charge < -0.3 is 5.32 Å². The number of benzene rings is 1. The van der Waals surface area contributed by atoms with Gasteiger partial charge in [-0.1, -0.05) is 23.7 Å². The summed E-state index contributed by atoms with van der Waals surface area (Å²) < 4.78 is 0. The Balaban J connectivity index is 2.82. The highest BCUT2D eigenvalue weighted by atomic mass is 35.5. The number of para-hydroxylation sites is 1. The third-order valence-electron chi connectivity index (χ3n) is 1.49. The molecule has 66 valence electrons. The van der Waals surface area contributed by atoms with E-state index in [1.165, 1.54) is 6.08 Å². The zero-order valence-corrected chi connectivity index (χ0v) is 7.97. The number of anilines is 1. The highest BCUT2D eigenvalue weighted by Crippen LogP contribution is 2.21. The van der Waals surface area contributed by atoms with E-state index in [0.717, 1.165) is 11.4 Å². The van der Waals surface area contributed by atoms with Crippen molar-refractivity contribution in [3.8, 4) is 6.07 Å². The van der Waals surface area contributed by atoms with E-state index in [4.69, 9.17) is 16.9 Å². The second-order valence-electron chi connectivity index (χ2n) is 2.56. The molecule has 0 heterocycles. The van der Waals surface area contributed by atoms with Crippen LogP contribution in [0.4, 0.5) is 5.69 Å². The van der Waals surface area contributed by atoms with E-state index in [0.29, 0.717) is 5.02 Å². The predicted octanol–water partition coefficient (Wildman–Crippen LogP) is 3.18. The van der Waals surface area contributed by atoms with Crippen LogP contribution in [0.15, 0.2) is 36.0 Å². The fourth-order valence-corrected chi connectivity index (χ4v) is 1.09. The van der Waals surface area contributed by atoms with E-state index in [2.05, 4.69) is 5.32 Å². The molecule has 0 atom stereocenters. The van der Waals surface area contributed by atoms with Crippen molar-refractivity contribution >= 4 is 17.3 Å². The molecule has 0 aliphatic heterocycles. The molecule has 3 heteroatoms.